The van der Waals surface area contributed by atoms with Crippen LogP contribution in [0.1, 0.15) is 21.8 Å². The number of nitrogens with zero attached hydrogens (tertiary/aromatic N) is 2. The van der Waals surface area contributed by atoms with Crippen molar-refractivity contribution in [2.24, 2.45) is 0 Å². The first kappa shape index (κ1) is 15.7. The highest BCUT2D eigenvalue weighted by atomic mass is 32.1. The van der Waals surface area contributed by atoms with Crippen LogP contribution in [-0.4, -0.2) is 34.0 Å². The summed E-state index contributed by atoms with van der Waals surface area (Å²) in [6.45, 7) is 1.40. The fourth-order valence-electron chi connectivity index (χ4n) is 2.92. The molecule has 0 spiro atoms. The number of carbonyl (C=O) groups excluding carboxylic acids is 1. The lowest BCUT2D eigenvalue weighted by molar-refractivity contribution is 0.0602. The van der Waals surface area contributed by atoms with Gasteiger partial charge in [-0.25, -0.2) is 4.98 Å². The molecule has 0 unspecified atom stereocenters. The number of rotatable bonds is 4. The molecule has 6 heteroatoms. The van der Waals surface area contributed by atoms with Crippen molar-refractivity contribution in [1.82, 2.24) is 9.88 Å². The number of anilines is 2. The van der Waals surface area contributed by atoms with E-state index in [1.165, 1.54) is 11.3 Å². The zero-order chi connectivity index (χ0) is 17.2. The average Bonchev–Trinajstić information content (AvgIpc) is 3.08. The van der Waals surface area contributed by atoms with Crippen molar-refractivity contribution in [2.75, 3.05) is 18.4 Å². The van der Waals surface area contributed by atoms with Crippen molar-refractivity contribution in [2.45, 2.75) is 5.92 Å². The van der Waals surface area contributed by atoms with Gasteiger partial charge in [0.2, 0.25) is 0 Å². The Morgan fingerprint density at radius 2 is 2.00 bits per heavy atom. The summed E-state index contributed by atoms with van der Waals surface area (Å²) >= 11 is 1.52. The van der Waals surface area contributed by atoms with E-state index >= 15 is 0 Å². The Bertz CT molecular complexity index is 872. The molecule has 3 aromatic rings. The molecule has 1 aromatic heterocycles. The summed E-state index contributed by atoms with van der Waals surface area (Å²) in [6.07, 6.45) is 1.74. The number of aromatic hydroxyl groups is 1. The lowest BCUT2D eigenvalue weighted by atomic mass is 9.91. The standard InChI is InChI=1S/C19H17N3O2S/c23-17-6-4-13(5-7-17)15-11-22(12-15)18(24)14-2-1-3-16(10-14)21-19-20-8-9-25-19/h1-10,15,23H,11-12H2,(H,20,21). The number of aromatic nitrogens is 1. The molecule has 2 N–H and O–H groups in total. The van der Waals surface area contributed by atoms with Crippen LogP contribution in [0, 0.1) is 0 Å². The van der Waals surface area contributed by atoms with Gasteiger partial charge in [-0.2, -0.15) is 0 Å². The fourth-order valence-corrected chi connectivity index (χ4v) is 3.47. The minimum atomic E-state index is 0.0396. The lowest BCUT2D eigenvalue weighted by Crippen LogP contribution is -2.48. The Balaban J connectivity index is 1.41. The van der Waals surface area contributed by atoms with Gasteiger partial charge in [0.15, 0.2) is 5.13 Å². The summed E-state index contributed by atoms with van der Waals surface area (Å²) in [6, 6.07) is 14.7. The molecule has 126 valence electrons. The van der Waals surface area contributed by atoms with Gasteiger partial charge in [0.05, 0.1) is 0 Å². The monoisotopic (exact) mass is 351 g/mol. The summed E-state index contributed by atoms with van der Waals surface area (Å²) in [4.78, 5) is 18.7. The molecule has 0 saturated carbocycles. The number of benzene rings is 2. The van der Waals surface area contributed by atoms with Crippen LogP contribution in [0.5, 0.6) is 5.75 Å². The molecule has 2 heterocycles. The molecule has 1 aliphatic rings. The molecular formula is C19H17N3O2S. The molecule has 1 aliphatic heterocycles. The summed E-state index contributed by atoms with van der Waals surface area (Å²) in [5.41, 5.74) is 2.68. The van der Waals surface area contributed by atoms with Crippen LogP contribution in [0.15, 0.2) is 60.1 Å². The molecular weight excluding hydrogens is 334 g/mol. The molecule has 0 atom stereocenters. The largest absolute Gasteiger partial charge is 0.508 e. The second-order valence-corrected chi connectivity index (χ2v) is 6.94. The zero-order valence-electron chi connectivity index (χ0n) is 13.4. The fraction of sp³-hybridized carbons (Fsp3) is 0.158. The number of thiazole rings is 1. The topological polar surface area (TPSA) is 65.5 Å². The molecule has 0 bridgehead atoms. The third kappa shape index (κ3) is 3.34. The highest BCUT2D eigenvalue weighted by Gasteiger charge is 2.32. The summed E-state index contributed by atoms with van der Waals surface area (Å²) < 4.78 is 0. The van der Waals surface area contributed by atoms with Gasteiger partial charge in [0.1, 0.15) is 5.75 Å². The smallest absolute Gasteiger partial charge is 0.253 e. The number of nitrogens with one attached hydrogen (secondary N) is 1. The summed E-state index contributed by atoms with van der Waals surface area (Å²) in [5, 5.41) is 15.3. The van der Waals surface area contributed by atoms with E-state index < -0.39 is 0 Å². The van der Waals surface area contributed by atoms with Crippen LogP contribution in [0.4, 0.5) is 10.8 Å². The van der Waals surface area contributed by atoms with Gasteiger partial charge in [0, 0.05) is 41.8 Å². The van der Waals surface area contributed by atoms with Crippen LogP contribution in [0.2, 0.25) is 0 Å². The Hall–Kier alpha value is -2.86. The maximum Gasteiger partial charge on any atom is 0.253 e. The number of carbonyl (C=O) groups is 1. The second-order valence-electron chi connectivity index (χ2n) is 6.04. The Morgan fingerprint density at radius 3 is 2.72 bits per heavy atom. The van der Waals surface area contributed by atoms with Crippen LogP contribution >= 0.6 is 11.3 Å². The van der Waals surface area contributed by atoms with Crippen LogP contribution in [-0.2, 0) is 0 Å². The van der Waals surface area contributed by atoms with Crippen molar-refractivity contribution < 1.29 is 9.90 Å². The molecule has 25 heavy (non-hydrogen) atoms. The lowest BCUT2D eigenvalue weighted by Gasteiger charge is -2.39. The number of hydrogen-bond donors (Lipinski definition) is 2. The van der Waals surface area contributed by atoms with Crippen molar-refractivity contribution in [3.8, 4) is 5.75 Å². The molecule has 5 nitrogen and oxygen atoms in total. The van der Waals surface area contributed by atoms with Gasteiger partial charge < -0.3 is 15.3 Å². The van der Waals surface area contributed by atoms with E-state index in [2.05, 4.69) is 10.3 Å². The minimum Gasteiger partial charge on any atom is -0.508 e. The van der Waals surface area contributed by atoms with Crippen molar-refractivity contribution in [3.63, 3.8) is 0 Å². The third-order valence-corrected chi connectivity index (χ3v) is 5.01. The number of amides is 1. The van der Waals surface area contributed by atoms with E-state index in [-0.39, 0.29) is 11.7 Å². The first-order chi connectivity index (χ1) is 12.2. The van der Waals surface area contributed by atoms with Crippen molar-refractivity contribution >= 4 is 28.1 Å². The van der Waals surface area contributed by atoms with Gasteiger partial charge in [0.25, 0.3) is 5.91 Å². The molecule has 1 fully saturated rings. The van der Waals surface area contributed by atoms with E-state index in [1.807, 2.05) is 46.7 Å². The summed E-state index contributed by atoms with van der Waals surface area (Å²) in [7, 11) is 0. The second kappa shape index (κ2) is 6.57. The Labute approximate surface area is 149 Å². The van der Waals surface area contributed by atoms with Crippen molar-refractivity contribution in [1.29, 1.82) is 0 Å². The van der Waals surface area contributed by atoms with Crippen LogP contribution < -0.4 is 5.32 Å². The molecule has 0 radical (unpaired) electrons. The summed E-state index contributed by atoms with van der Waals surface area (Å²) in [5.74, 6) is 0.638. The first-order valence-electron chi connectivity index (χ1n) is 8.04. The molecule has 1 amide bonds. The van der Waals surface area contributed by atoms with Gasteiger partial charge in [-0.1, -0.05) is 18.2 Å². The van der Waals surface area contributed by atoms with Gasteiger partial charge in [-0.15, -0.1) is 11.3 Å². The van der Waals surface area contributed by atoms with E-state index in [9.17, 15) is 9.90 Å². The van der Waals surface area contributed by atoms with Gasteiger partial charge in [-0.3, -0.25) is 4.79 Å². The van der Waals surface area contributed by atoms with E-state index in [1.54, 1.807) is 18.3 Å². The highest BCUT2D eigenvalue weighted by molar-refractivity contribution is 7.13. The minimum absolute atomic E-state index is 0.0396. The average molecular weight is 351 g/mol. The van der Waals surface area contributed by atoms with Crippen LogP contribution in [0.3, 0.4) is 0 Å². The van der Waals surface area contributed by atoms with Gasteiger partial charge in [-0.05, 0) is 35.9 Å². The Kier molecular flexibility index (Phi) is 4.11. The maximum absolute atomic E-state index is 12.7. The van der Waals surface area contributed by atoms with Crippen LogP contribution in [0.25, 0.3) is 0 Å². The van der Waals surface area contributed by atoms with Gasteiger partial charge >= 0.3 is 0 Å². The predicted molar refractivity (Wildman–Crippen MR) is 98.6 cm³/mol. The number of hydrogen-bond acceptors (Lipinski definition) is 5. The van der Waals surface area contributed by atoms with E-state index in [0.717, 1.165) is 16.4 Å². The molecule has 2 aromatic carbocycles. The van der Waals surface area contributed by atoms with E-state index in [4.69, 9.17) is 0 Å². The predicted octanol–water partition coefficient (Wildman–Crippen LogP) is 3.83. The highest BCUT2D eigenvalue weighted by Crippen LogP contribution is 2.30. The molecule has 0 aliphatic carbocycles. The number of likely N-dealkylation sites (tertiary alicyclic amines) is 1. The van der Waals surface area contributed by atoms with E-state index in [0.29, 0.717) is 24.6 Å². The first-order valence-corrected chi connectivity index (χ1v) is 8.92. The molecule has 1 saturated heterocycles. The molecule has 4 rings (SSSR count). The maximum atomic E-state index is 12.7. The third-order valence-electron chi connectivity index (χ3n) is 4.33. The number of phenolic OH excluding ortho intramolecular Hbond substituents is 1. The van der Waals surface area contributed by atoms with Crippen molar-refractivity contribution in [3.05, 3.63) is 71.2 Å². The Morgan fingerprint density at radius 1 is 1.20 bits per heavy atom. The SMILES string of the molecule is O=C(c1cccc(Nc2nccs2)c1)N1CC(c2ccc(O)cc2)C1. The quantitative estimate of drug-likeness (QED) is 0.750. The zero-order valence-corrected chi connectivity index (χ0v) is 14.2. The number of phenols is 1. The normalized spacial score (nSPS) is 14.2.